The molecule has 2 N–H and O–H groups in total. The number of nitrogens with two attached hydrogens (primary N) is 1. The van der Waals surface area contributed by atoms with Crippen LogP contribution >= 0.6 is 0 Å². The molecule has 1 unspecified atom stereocenters. The van der Waals surface area contributed by atoms with Gasteiger partial charge in [-0.1, -0.05) is 0 Å². The number of carbonyl (C=O) groups is 1. The van der Waals surface area contributed by atoms with E-state index in [1.807, 2.05) is 20.2 Å². The molecule has 1 fully saturated rings. The van der Waals surface area contributed by atoms with Crippen molar-refractivity contribution in [1.82, 2.24) is 9.78 Å². The minimum absolute atomic E-state index is 0.00102. The molecule has 0 spiro atoms. The van der Waals surface area contributed by atoms with E-state index in [-0.39, 0.29) is 11.9 Å². The van der Waals surface area contributed by atoms with Crippen LogP contribution in [-0.2, 0) is 11.8 Å². The predicted octanol–water partition coefficient (Wildman–Crippen LogP) is -0.207. The molecule has 14 heavy (non-hydrogen) atoms. The number of nitrogens with zero attached hydrogens (tertiary/aromatic N) is 3. The van der Waals surface area contributed by atoms with Gasteiger partial charge in [-0.2, -0.15) is 5.10 Å². The molecule has 1 aromatic rings. The Labute approximate surface area is 82.5 Å². The van der Waals surface area contributed by atoms with Crippen molar-refractivity contribution in [1.29, 1.82) is 0 Å². The summed E-state index contributed by atoms with van der Waals surface area (Å²) < 4.78 is 1.71. The molecule has 0 radical (unpaired) electrons. The maximum atomic E-state index is 11.6. The Bertz CT molecular complexity index is 371. The first-order chi connectivity index (χ1) is 6.59. The lowest BCUT2D eigenvalue weighted by Gasteiger charge is -2.14. The monoisotopic (exact) mass is 194 g/mol. The molecule has 0 bridgehead atoms. The van der Waals surface area contributed by atoms with E-state index in [1.54, 1.807) is 9.58 Å². The first-order valence-corrected chi connectivity index (χ1v) is 4.67. The van der Waals surface area contributed by atoms with E-state index in [9.17, 15) is 4.79 Å². The summed E-state index contributed by atoms with van der Waals surface area (Å²) in [4.78, 5) is 13.3. The van der Waals surface area contributed by atoms with Gasteiger partial charge in [0.15, 0.2) is 0 Å². The SMILES string of the molecule is Cc1nn(C)cc1N1CCC(N)C1=O. The van der Waals surface area contributed by atoms with Crippen molar-refractivity contribution in [2.24, 2.45) is 12.8 Å². The van der Waals surface area contributed by atoms with Crippen molar-refractivity contribution in [2.45, 2.75) is 19.4 Å². The minimum Gasteiger partial charge on any atom is -0.320 e. The molecule has 1 aliphatic heterocycles. The zero-order chi connectivity index (χ0) is 10.3. The maximum Gasteiger partial charge on any atom is 0.244 e. The number of hydrogen-bond donors (Lipinski definition) is 1. The second-order valence-electron chi connectivity index (χ2n) is 3.66. The molecule has 5 nitrogen and oxygen atoms in total. The van der Waals surface area contributed by atoms with Gasteiger partial charge in [0.05, 0.1) is 17.4 Å². The van der Waals surface area contributed by atoms with Crippen molar-refractivity contribution < 1.29 is 4.79 Å². The largest absolute Gasteiger partial charge is 0.320 e. The molecule has 0 aliphatic carbocycles. The van der Waals surface area contributed by atoms with Gasteiger partial charge in [0.1, 0.15) is 0 Å². The molecule has 0 aromatic carbocycles. The standard InChI is InChI=1S/C9H14N4O/c1-6-8(5-12(2)11-6)13-4-3-7(10)9(13)14/h5,7H,3-4,10H2,1-2H3. The van der Waals surface area contributed by atoms with E-state index < -0.39 is 0 Å². The zero-order valence-corrected chi connectivity index (χ0v) is 8.40. The van der Waals surface area contributed by atoms with Gasteiger partial charge in [-0.05, 0) is 13.3 Å². The Morgan fingerprint density at radius 2 is 2.36 bits per heavy atom. The number of amides is 1. The van der Waals surface area contributed by atoms with Crippen molar-refractivity contribution >= 4 is 11.6 Å². The Morgan fingerprint density at radius 3 is 2.79 bits per heavy atom. The van der Waals surface area contributed by atoms with E-state index in [2.05, 4.69) is 5.10 Å². The Hall–Kier alpha value is -1.36. The third kappa shape index (κ3) is 1.29. The zero-order valence-electron chi connectivity index (χ0n) is 8.40. The van der Waals surface area contributed by atoms with Crippen LogP contribution in [0.5, 0.6) is 0 Å². The third-order valence-electron chi connectivity index (χ3n) is 2.53. The predicted molar refractivity (Wildman–Crippen MR) is 52.9 cm³/mol. The smallest absolute Gasteiger partial charge is 0.244 e. The fourth-order valence-electron chi connectivity index (χ4n) is 1.79. The molecule has 0 saturated carbocycles. The second kappa shape index (κ2) is 3.09. The number of carbonyl (C=O) groups excluding carboxylic acids is 1. The second-order valence-corrected chi connectivity index (χ2v) is 3.66. The van der Waals surface area contributed by atoms with Crippen LogP contribution in [0.1, 0.15) is 12.1 Å². The summed E-state index contributed by atoms with van der Waals surface area (Å²) in [6.45, 7) is 2.60. The molecular weight excluding hydrogens is 180 g/mol. The highest BCUT2D eigenvalue weighted by Gasteiger charge is 2.31. The molecule has 1 atom stereocenters. The van der Waals surface area contributed by atoms with Crippen LogP contribution in [0, 0.1) is 6.92 Å². The molecule has 5 heteroatoms. The first kappa shape index (κ1) is 9.21. The highest BCUT2D eigenvalue weighted by atomic mass is 16.2. The average Bonchev–Trinajstić information content (AvgIpc) is 2.59. The summed E-state index contributed by atoms with van der Waals surface area (Å²) in [6, 6.07) is -0.338. The highest BCUT2D eigenvalue weighted by molar-refractivity contribution is 5.99. The fraction of sp³-hybridized carbons (Fsp3) is 0.556. The third-order valence-corrected chi connectivity index (χ3v) is 2.53. The van der Waals surface area contributed by atoms with Gasteiger partial charge in [-0.25, -0.2) is 0 Å². The molecule has 76 valence electrons. The van der Waals surface area contributed by atoms with Crippen LogP contribution in [0.4, 0.5) is 5.69 Å². The van der Waals surface area contributed by atoms with Crippen molar-refractivity contribution in [2.75, 3.05) is 11.4 Å². The Kier molecular flexibility index (Phi) is 2.03. The summed E-state index contributed by atoms with van der Waals surface area (Å²) in [5.41, 5.74) is 7.39. The quantitative estimate of drug-likeness (QED) is 0.673. The van der Waals surface area contributed by atoms with E-state index in [0.717, 1.165) is 17.8 Å². The van der Waals surface area contributed by atoms with Crippen LogP contribution in [0.15, 0.2) is 6.20 Å². The minimum atomic E-state index is -0.338. The van der Waals surface area contributed by atoms with Crippen LogP contribution in [0.3, 0.4) is 0 Å². The fourth-order valence-corrected chi connectivity index (χ4v) is 1.79. The Balaban J connectivity index is 2.32. The molecule has 1 saturated heterocycles. The molecule has 1 aliphatic rings. The molecule has 2 heterocycles. The average molecular weight is 194 g/mol. The normalized spacial score (nSPS) is 22.1. The number of hydrogen-bond acceptors (Lipinski definition) is 3. The number of anilines is 1. The van der Waals surface area contributed by atoms with Gasteiger partial charge < -0.3 is 10.6 Å². The molecular formula is C9H14N4O. The van der Waals surface area contributed by atoms with Crippen LogP contribution in [0.2, 0.25) is 0 Å². The molecule has 2 rings (SSSR count). The summed E-state index contributed by atoms with van der Waals surface area (Å²) in [6.07, 6.45) is 2.58. The van der Waals surface area contributed by atoms with Gasteiger partial charge in [0.2, 0.25) is 5.91 Å². The summed E-state index contributed by atoms with van der Waals surface area (Å²) in [5.74, 6) is 0.00102. The van der Waals surface area contributed by atoms with Crippen molar-refractivity contribution in [3.63, 3.8) is 0 Å². The highest BCUT2D eigenvalue weighted by Crippen LogP contribution is 2.23. The molecule has 1 amide bonds. The van der Waals surface area contributed by atoms with Gasteiger partial charge in [-0.3, -0.25) is 9.48 Å². The van der Waals surface area contributed by atoms with E-state index in [4.69, 9.17) is 5.73 Å². The topological polar surface area (TPSA) is 64.2 Å². The Morgan fingerprint density at radius 1 is 1.64 bits per heavy atom. The van der Waals surface area contributed by atoms with Crippen LogP contribution < -0.4 is 10.6 Å². The van der Waals surface area contributed by atoms with Gasteiger partial charge in [-0.15, -0.1) is 0 Å². The lowest BCUT2D eigenvalue weighted by Crippen LogP contribution is -2.34. The lowest BCUT2D eigenvalue weighted by atomic mass is 10.3. The van der Waals surface area contributed by atoms with E-state index >= 15 is 0 Å². The van der Waals surface area contributed by atoms with Gasteiger partial charge in [0.25, 0.3) is 0 Å². The number of aryl methyl sites for hydroxylation is 2. The van der Waals surface area contributed by atoms with E-state index in [0.29, 0.717) is 6.54 Å². The van der Waals surface area contributed by atoms with E-state index in [1.165, 1.54) is 0 Å². The van der Waals surface area contributed by atoms with Crippen molar-refractivity contribution in [3.05, 3.63) is 11.9 Å². The molecule has 1 aromatic heterocycles. The van der Waals surface area contributed by atoms with Crippen LogP contribution in [0.25, 0.3) is 0 Å². The van der Waals surface area contributed by atoms with Gasteiger partial charge in [0, 0.05) is 19.8 Å². The van der Waals surface area contributed by atoms with Crippen LogP contribution in [-0.4, -0.2) is 28.3 Å². The number of aromatic nitrogens is 2. The summed E-state index contributed by atoms with van der Waals surface area (Å²) >= 11 is 0. The number of rotatable bonds is 1. The first-order valence-electron chi connectivity index (χ1n) is 4.67. The van der Waals surface area contributed by atoms with Gasteiger partial charge >= 0.3 is 0 Å². The maximum absolute atomic E-state index is 11.6. The summed E-state index contributed by atoms with van der Waals surface area (Å²) in [7, 11) is 1.84. The van der Waals surface area contributed by atoms with Crippen molar-refractivity contribution in [3.8, 4) is 0 Å². The lowest BCUT2D eigenvalue weighted by molar-refractivity contribution is -0.118. The summed E-state index contributed by atoms with van der Waals surface area (Å²) in [5, 5.41) is 4.20.